The molecule has 1 heterocycles. The maximum atomic E-state index is 10.6. The lowest BCUT2D eigenvalue weighted by atomic mass is 10.1. The summed E-state index contributed by atoms with van der Waals surface area (Å²) >= 11 is 0. The normalized spacial score (nSPS) is 10.4. The Labute approximate surface area is 97.1 Å². The van der Waals surface area contributed by atoms with Crippen molar-refractivity contribution in [2.45, 2.75) is 6.42 Å². The molecule has 0 aliphatic carbocycles. The third-order valence-electron chi connectivity index (χ3n) is 2.22. The highest BCUT2D eigenvalue weighted by Crippen LogP contribution is 2.18. The van der Waals surface area contributed by atoms with Crippen LogP contribution in [0.1, 0.15) is 16.2 Å². The van der Waals surface area contributed by atoms with E-state index in [4.69, 9.17) is 15.4 Å². The molecule has 2 rings (SSSR count). The fourth-order valence-corrected chi connectivity index (χ4v) is 1.45. The number of carboxylic acids is 1. The van der Waals surface area contributed by atoms with Crippen molar-refractivity contribution in [3.8, 4) is 11.5 Å². The molecule has 0 aliphatic rings. The van der Waals surface area contributed by atoms with E-state index < -0.39 is 5.97 Å². The molecule has 0 amide bonds. The molecule has 1 aromatic heterocycles. The van der Waals surface area contributed by atoms with Crippen LogP contribution in [0.4, 0.5) is 0 Å². The Kier molecular flexibility index (Phi) is 3.15. The summed E-state index contributed by atoms with van der Waals surface area (Å²) in [6, 6.07) is 7.40. The smallest absolute Gasteiger partial charge is 0.377 e. The third-order valence-corrected chi connectivity index (χ3v) is 2.22. The Morgan fingerprint density at radius 3 is 2.94 bits per heavy atom. The van der Waals surface area contributed by atoms with Gasteiger partial charge in [0.15, 0.2) is 0 Å². The monoisotopic (exact) mass is 233 g/mol. The van der Waals surface area contributed by atoms with Gasteiger partial charge in [0, 0.05) is 5.56 Å². The summed E-state index contributed by atoms with van der Waals surface area (Å²) in [6.07, 6.45) is 0.744. The van der Waals surface area contributed by atoms with Crippen LogP contribution < -0.4 is 5.73 Å². The summed E-state index contributed by atoms with van der Waals surface area (Å²) in [5.41, 5.74) is 7.20. The molecule has 1 aromatic carbocycles. The molecular weight excluding hydrogens is 222 g/mol. The number of hydrogen-bond donors (Lipinski definition) is 2. The lowest BCUT2D eigenvalue weighted by molar-refractivity contribution is 0.0680. The predicted octanol–water partition coefficient (Wildman–Crippen LogP) is 0.936. The summed E-state index contributed by atoms with van der Waals surface area (Å²) in [5, 5.41) is 12.0. The molecule has 0 atom stereocenters. The highest BCUT2D eigenvalue weighted by atomic mass is 16.5. The Morgan fingerprint density at radius 1 is 1.47 bits per heavy atom. The van der Waals surface area contributed by atoms with Crippen LogP contribution in [-0.4, -0.2) is 27.8 Å². The van der Waals surface area contributed by atoms with Gasteiger partial charge in [0.25, 0.3) is 11.7 Å². The molecule has 0 bridgehead atoms. The molecule has 0 fully saturated rings. The molecule has 0 saturated heterocycles. The van der Waals surface area contributed by atoms with Crippen molar-refractivity contribution in [3.63, 3.8) is 0 Å². The average molecular weight is 233 g/mol. The first-order valence-corrected chi connectivity index (χ1v) is 5.07. The number of benzene rings is 1. The fraction of sp³-hybridized carbons (Fsp3) is 0.182. The first kappa shape index (κ1) is 11.3. The standard InChI is InChI=1S/C11H11N3O3/c12-5-4-7-2-1-3-8(6-7)10-13-9(11(15)16)14-17-10/h1-3,6H,4-5,12H2,(H,15,16). The second kappa shape index (κ2) is 4.75. The van der Waals surface area contributed by atoms with Crippen molar-refractivity contribution >= 4 is 5.97 Å². The third kappa shape index (κ3) is 2.48. The van der Waals surface area contributed by atoms with Crippen molar-refractivity contribution in [1.29, 1.82) is 0 Å². The first-order valence-electron chi connectivity index (χ1n) is 5.07. The zero-order valence-corrected chi connectivity index (χ0v) is 8.96. The predicted molar refractivity (Wildman–Crippen MR) is 59.5 cm³/mol. The van der Waals surface area contributed by atoms with Crippen LogP contribution in [0, 0.1) is 0 Å². The zero-order valence-electron chi connectivity index (χ0n) is 8.96. The number of rotatable bonds is 4. The van der Waals surface area contributed by atoms with Crippen LogP contribution in [0.5, 0.6) is 0 Å². The summed E-state index contributed by atoms with van der Waals surface area (Å²) in [4.78, 5) is 14.4. The molecule has 6 heteroatoms. The van der Waals surface area contributed by atoms with E-state index in [2.05, 4.69) is 10.1 Å². The molecule has 0 saturated carbocycles. The van der Waals surface area contributed by atoms with Crippen molar-refractivity contribution in [1.82, 2.24) is 10.1 Å². The topological polar surface area (TPSA) is 102 Å². The molecule has 88 valence electrons. The van der Waals surface area contributed by atoms with Gasteiger partial charge in [-0.3, -0.25) is 0 Å². The Balaban J connectivity index is 2.31. The minimum absolute atomic E-state index is 0.196. The Bertz CT molecular complexity index is 536. The highest BCUT2D eigenvalue weighted by molar-refractivity contribution is 5.83. The number of carbonyl (C=O) groups is 1. The first-order chi connectivity index (χ1) is 8.20. The van der Waals surface area contributed by atoms with E-state index in [0.717, 1.165) is 12.0 Å². The largest absolute Gasteiger partial charge is 0.475 e. The van der Waals surface area contributed by atoms with Gasteiger partial charge in [-0.25, -0.2) is 4.79 Å². The average Bonchev–Trinajstić information content (AvgIpc) is 2.79. The van der Waals surface area contributed by atoms with Crippen LogP contribution in [0.2, 0.25) is 0 Å². The van der Waals surface area contributed by atoms with E-state index >= 15 is 0 Å². The molecule has 2 aromatic rings. The van der Waals surface area contributed by atoms with E-state index in [1.807, 2.05) is 18.2 Å². The Hall–Kier alpha value is -2.21. The number of carboxylic acid groups (broad SMARTS) is 1. The maximum absolute atomic E-state index is 10.6. The molecule has 0 radical (unpaired) electrons. The summed E-state index contributed by atoms with van der Waals surface area (Å²) in [5.74, 6) is -1.36. The van der Waals surface area contributed by atoms with E-state index in [-0.39, 0.29) is 11.7 Å². The summed E-state index contributed by atoms with van der Waals surface area (Å²) in [6.45, 7) is 0.549. The highest BCUT2D eigenvalue weighted by Gasteiger charge is 2.14. The van der Waals surface area contributed by atoms with Gasteiger partial charge in [-0.2, -0.15) is 4.98 Å². The molecule has 0 unspecified atom stereocenters. The van der Waals surface area contributed by atoms with Gasteiger partial charge in [-0.15, -0.1) is 0 Å². The summed E-state index contributed by atoms with van der Waals surface area (Å²) in [7, 11) is 0. The van der Waals surface area contributed by atoms with E-state index in [9.17, 15) is 4.79 Å². The number of nitrogens with two attached hydrogens (primary N) is 1. The number of nitrogens with zero attached hydrogens (tertiary/aromatic N) is 2. The van der Waals surface area contributed by atoms with Gasteiger partial charge in [0.1, 0.15) is 0 Å². The second-order valence-electron chi connectivity index (χ2n) is 3.47. The lowest BCUT2D eigenvalue weighted by Gasteiger charge is -1.99. The maximum Gasteiger partial charge on any atom is 0.377 e. The minimum Gasteiger partial charge on any atom is -0.475 e. The van der Waals surface area contributed by atoms with Crippen molar-refractivity contribution in [2.24, 2.45) is 5.73 Å². The van der Waals surface area contributed by atoms with Crippen LogP contribution >= 0.6 is 0 Å². The van der Waals surface area contributed by atoms with Gasteiger partial charge in [-0.1, -0.05) is 12.1 Å². The lowest BCUT2D eigenvalue weighted by Crippen LogP contribution is -2.02. The fourth-order valence-electron chi connectivity index (χ4n) is 1.45. The van der Waals surface area contributed by atoms with Gasteiger partial charge in [0.05, 0.1) is 0 Å². The number of aromatic nitrogens is 2. The second-order valence-corrected chi connectivity index (χ2v) is 3.47. The van der Waals surface area contributed by atoms with Gasteiger partial charge in [-0.05, 0) is 35.8 Å². The van der Waals surface area contributed by atoms with E-state index in [1.165, 1.54) is 0 Å². The molecule has 0 aliphatic heterocycles. The van der Waals surface area contributed by atoms with Gasteiger partial charge >= 0.3 is 5.97 Å². The van der Waals surface area contributed by atoms with Crippen LogP contribution in [0.25, 0.3) is 11.5 Å². The SMILES string of the molecule is NCCc1cccc(-c2nc(C(=O)O)no2)c1. The summed E-state index contributed by atoms with van der Waals surface area (Å²) < 4.78 is 4.87. The van der Waals surface area contributed by atoms with Crippen molar-refractivity contribution < 1.29 is 14.4 Å². The molecule has 17 heavy (non-hydrogen) atoms. The van der Waals surface area contributed by atoms with Crippen LogP contribution in [-0.2, 0) is 6.42 Å². The molecule has 0 spiro atoms. The van der Waals surface area contributed by atoms with Crippen LogP contribution in [0.3, 0.4) is 0 Å². The molecule has 3 N–H and O–H groups in total. The minimum atomic E-state index is -1.21. The van der Waals surface area contributed by atoms with E-state index in [0.29, 0.717) is 12.1 Å². The molecule has 6 nitrogen and oxygen atoms in total. The van der Waals surface area contributed by atoms with Crippen molar-refractivity contribution in [2.75, 3.05) is 6.54 Å². The van der Waals surface area contributed by atoms with Gasteiger partial charge < -0.3 is 15.4 Å². The van der Waals surface area contributed by atoms with E-state index in [1.54, 1.807) is 6.07 Å². The van der Waals surface area contributed by atoms with Gasteiger partial charge in [0.2, 0.25) is 0 Å². The zero-order chi connectivity index (χ0) is 12.3. The van der Waals surface area contributed by atoms with Crippen LogP contribution in [0.15, 0.2) is 28.8 Å². The quantitative estimate of drug-likeness (QED) is 0.814. The Morgan fingerprint density at radius 2 is 2.29 bits per heavy atom. The number of hydrogen-bond acceptors (Lipinski definition) is 5. The number of aromatic carboxylic acids is 1. The molecular formula is C11H11N3O3. The van der Waals surface area contributed by atoms with Crippen molar-refractivity contribution in [3.05, 3.63) is 35.7 Å².